The normalized spacial score (nSPS) is 13.1. The fraction of sp³-hybridized carbons (Fsp3) is 0.778. The smallest absolute Gasteiger partial charge is 0.306 e. The summed E-state index contributed by atoms with van der Waals surface area (Å²) >= 11 is 0. The van der Waals surface area contributed by atoms with Crippen LogP contribution in [0.2, 0.25) is 19.6 Å². The highest BCUT2D eigenvalue weighted by Gasteiger charge is 2.32. The van der Waals surface area contributed by atoms with E-state index in [-0.39, 0.29) is 11.8 Å². The van der Waals surface area contributed by atoms with Crippen LogP contribution < -0.4 is 0 Å². The molecule has 5 nitrogen and oxygen atoms in total. The van der Waals surface area contributed by atoms with Gasteiger partial charge in [-0.05, 0) is 26.7 Å². The summed E-state index contributed by atoms with van der Waals surface area (Å²) in [6, 6.07) is 0. The summed E-state index contributed by atoms with van der Waals surface area (Å²) in [5.74, 6) is 0.979. The second kappa shape index (κ2) is 9.99. The third-order valence-electron chi connectivity index (χ3n) is 3.89. The van der Waals surface area contributed by atoms with Crippen LogP contribution >= 0.6 is 0 Å². The summed E-state index contributed by atoms with van der Waals surface area (Å²) in [6.45, 7) is 14.1. The summed E-state index contributed by atoms with van der Waals surface area (Å²) < 4.78 is 13.5. The van der Waals surface area contributed by atoms with Gasteiger partial charge in [-0.2, -0.15) is 0 Å². The minimum absolute atomic E-state index is 0.0500. The molecule has 0 spiro atoms. The number of ether oxygens (including phenoxy) is 2. The lowest BCUT2D eigenvalue weighted by molar-refractivity contribution is -0.143. The van der Waals surface area contributed by atoms with Crippen molar-refractivity contribution < 1.29 is 14.3 Å². The molecule has 0 aliphatic rings. The van der Waals surface area contributed by atoms with Crippen molar-refractivity contribution >= 4 is 14.0 Å². The second-order valence-electron chi connectivity index (χ2n) is 7.12. The van der Waals surface area contributed by atoms with Crippen LogP contribution in [0.25, 0.3) is 0 Å². The molecule has 0 aromatic carbocycles. The molecule has 1 rings (SSSR count). The molecule has 0 bridgehead atoms. The maximum Gasteiger partial charge on any atom is 0.306 e. The van der Waals surface area contributed by atoms with E-state index >= 15 is 0 Å². The topological polar surface area (TPSA) is 53.3 Å². The van der Waals surface area contributed by atoms with Crippen molar-refractivity contribution in [3.63, 3.8) is 0 Å². The Kier molecular flexibility index (Phi) is 8.70. The number of esters is 1. The maximum absolute atomic E-state index is 11.7. The van der Waals surface area contributed by atoms with E-state index in [1.807, 2.05) is 20.0 Å². The predicted octanol–water partition coefficient (Wildman–Crippen LogP) is 4.13. The van der Waals surface area contributed by atoms with E-state index in [9.17, 15) is 4.79 Å². The van der Waals surface area contributed by atoms with Gasteiger partial charge in [0.1, 0.15) is 19.7 Å². The molecule has 24 heavy (non-hydrogen) atoms. The molecule has 1 heterocycles. The maximum atomic E-state index is 11.7. The minimum atomic E-state index is -1.60. The molecule has 0 saturated heterocycles. The van der Waals surface area contributed by atoms with Gasteiger partial charge in [-0.25, -0.2) is 4.98 Å². The summed E-state index contributed by atoms with van der Waals surface area (Å²) in [7, 11) is -1.60. The molecule has 0 N–H and O–H groups in total. The van der Waals surface area contributed by atoms with Gasteiger partial charge in [0.05, 0.1) is 13.0 Å². The first-order valence-corrected chi connectivity index (χ1v) is 12.7. The molecule has 1 aromatic rings. The van der Waals surface area contributed by atoms with Crippen LogP contribution in [-0.2, 0) is 27.1 Å². The lowest BCUT2D eigenvalue weighted by Crippen LogP contribution is -2.39. The lowest BCUT2D eigenvalue weighted by Gasteiger charge is -2.32. The molecule has 138 valence electrons. The molecule has 0 aliphatic carbocycles. The molecular formula is C18H34N2O3Si. The highest BCUT2D eigenvalue weighted by atomic mass is 28.3. The Labute approximate surface area is 147 Å². The van der Waals surface area contributed by atoms with Gasteiger partial charge in [-0.3, -0.25) is 4.79 Å². The highest BCUT2D eigenvalue weighted by Crippen LogP contribution is 2.27. The molecule has 0 radical (unpaired) electrons. The van der Waals surface area contributed by atoms with E-state index in [0.29, 0.717) is 26.1 Å². The van der Waals surface area contributed by atoms with Crippen LogP contribution in [0.3, 0.4) is 0 Å². The van der Waals surface area contributed by atoms with Crippen LogP contribution in [0.1, 0.15) is 57.4 Å². The average molecular weight is 355 g/mol. The Hall–Kier alpha value is -1.14. The SMILES string of the molecule is CCCCc1ncc(CCC(=O)OCC)n1C(OCC)[Si](C)(C)C. The van der Waals surface area contributed by atoms with Crippen LogP contribution in [0.15, 0.2) is 6.20 Å². The number of hydrogen-bond acceptors (Lipinski definition) is 4. The number of imidazole rings is 1. The molecule has 0 saturated carbocycles. The van der Waals surface area contributed by atoms with Crippen LogP contribution in [0.4, 0.5) is 0 Å². The van der Waals surface area contributed by atoms with E-state index in [4.69, 9.17) is 9.47 Å². The quantitative estimate of drug-likeness (QED) is 0.443. The second-order valence-corrected chi connectivity index (χ2v) is 12.3. The Balaban J connectivity index is 3.09. The largest absolute Gasteiger partial charge is 0.466 e. The molecule has 1 aromatic heterocycles. The zero-order valence-electron chi connectivity index (χ0n) is 16.2. The number of carbonyl (C=O) groups is 1. The van der Waals surface area contributed by atoms with E-state index < -0.39 is 8.07 Å². The van der Waals surface area contributed by atoms with Crippen molar-refractivity contribution in [1.29, 1.82) is 0 Å². The Morgan fingerprint density at radius 3 is 2.46 bits per heavy atom. The highest BCUT2D eigenvalue weighted by molar-refractivity contribution is 6.76. The number of aryl methyl sites for hydroxylation is 2. The number of hydrogen-bond donors (Lipinski definition) is 0. The van der Waals surface area contributed by atoms with E-state index in [2.05, 4.69) is 36.1 Å². The number of nitrogens with zero attached hydrogens (tertiary/aromatic N) is 2. The molecule has 1 atom stereocenters. The summed E-state index contributed by atoms with van der Waals surface area (Å²) in [5.41, 5.74) is 1.08. The van der Waals surface area contributed by atoms with Crippen molar-refractivity contribution in [1.82, 2.24) is 9.55 Å². The van der Waals surface area contributed by atoms with Gasteiger partial charge >= 0.3 is 5.97 Å². The van der Waals surface area contributed by atoms with Gasteiger partial charge in [0.25, 0.3) is 0 Å². The number of carbonyl (C=O) groups excluding carboxylic acids is 1. The Bertz CT molecular complexity index is 509. The molecule has 0 aliphatic heterocycles. The summed E-state index contributed by atoms with van der Waals surface area (Å²) in [4.78, 5) is 16.4. The predicted molar refractivity (Wildman–Crippen MR) is 99.8 cm³/mol. The average Bonchev–Trinajstić information content (AvgIpc) is 2.90. The lowest BCUT2D eigenvalue weighted by atomic mass is 10.2. The van der Waals surface area contributed by atoms with Crippen molar-refractivity contribution in [3.8, 4) is 0 Å². The molecule has 0 fully saturated rings. The van der Waals surface area contributed by atoms with Crippen LogP contribution in [-0.4, -0.2) is 36.8 Å². The van der Waals surface area contributed by atoms with E-state index in [0.717, 1.165) is 30.8 Å². The van der Waals surface area contributed by atoms with Crippen molar-refractivity contribution in [3.05, 3.63) is 17.7 Å². The number of rotatable bonds is 11. The third-order valence-corrected chi connectivity index (χ3v) is 5.80. The van der Waals surface area contributed by atoms with Gasteiger partial charge in [0.15, 0.2) is 0 Å². The van der Waals surface area contributed by atoms with E-state index in [1.54, 1.807) is 0 Å². The molecule has 1 unspecified atom stereocenters. The van der Waals surface area contributed by atoms with Gasteiger partial charge in [0, 0.05) is 24.9 Å². The first kappa shape index (κ1) is 20.9. The standard InChI is InChI=1S/C18H34N2O3Si/c1-7-10-11-16-19-14-15(12-13-17(21)22-8-2)20(16)18(23-9-3)24(4,5)6/h14,18H,7-13H2,1-6H3. The molecule has 0 amide bonds. The number of unbranched alkanes of at least 4 members (excludes halogenated alkanes) is 1. The third kappa shape index (κ3) is 6.05. The van der Waals surface area contributed by atoms with Gasteiger partial charge in [0.2, 0.25) is 0 Å². The monoisotopic (exact) mass is 354 g/mol. The van der Waals surface area contributed by atoms with Crippen LogP contribution in [0, 0.1) is 0 Å². The van der Waals surface area contributed by atoms with Crippen molar-refractivity contribution in [2.75, 3.05) is 13.2 Å². The zero-order valence-corrected chi connectivity index (χ0v) is 17.2. The van der Waals surface area contributed by atoms with Gasteiger partial charge in [-0.1, -0.05) is 33.0 Å². The number of aromatic nitrogens is 2. The van der Waals surface area contributed by atoms with Gasteiger partial charge in [-0.15, -0.1) is 0 Å². The van der Waals surface area contributed by atoms with Crippen LogP contribution in [0.5, 0.6) is 0 Å². The minimum Gasteiger partial charge on any atom is -0.466 e. The summed E-state index contributed by atoms with van der Waals surface area (Å²) in [6.07, 6.45) is 6.14. The van der Waals surface area contributed by atoms with Crippen molar-refractivity contribution in [2.45, 2.75) is 78.4 Å². The summed E-state index contributed by atoms with van der Waals surface area (Å²) in [5, 5.41) is 0. The van der Waals surface area contributed by atoms with Gasteiger partial charge < -0.3 is 14.0 Å². The Morgan fingerprint density at radius 2 is 1.92 bits per heavy atom. The Morgan fingerprint density at radius 1 is 1.21 bits per heavy atom. The van der Waals surface area contributed by atoms with Crippen molar-refractivity contribution in [2.24, 2.45) is 0 Å². The molecular weight excluding hydrogens is 320 g/mol. The first-order chi connectivity index (χ1) is 11.3. The van der Waals surface area contributed by atoms with E-state index in [1.165, 1.54) is 0 Å². The fourth-order valence-corrected chi connectivity index (χ4v) is 4.52. The fourth-order valence-electron chi connectivity index (χ4n) is 2.76. The first-order valence-electron chi connectivity index (χ1n) is 9.17. The zero-order chi connectivity index (χ0) is 18.2. The molecule has 6 heteroatoms.